The van der Waals surface area contributed by atoms with Crippen molar-refractivity contribution >= 4 is 34.8 Å². The van der Waals surface area contributed by atoms with E-state index in [1.165, 1.54) is 11.1 Å². The molecular formula is C24H25ClN2O2. The van der Waals surface area contributed by atoms with E-state index in [1.807, 2.05) is 29.2 Å². The molecule has 0 saturated heterocycles. The first-order valence-corrected chi connectivity index (χ1v) is 11.0. The largest absolute Gasteiger partial charge is 0.325 e. The molecule has 4 nitrogen and oxygen atoms in total. The minimum absolute atomic E-state index is 0.0732. The molecule has 2 amide bonds. The molecule has 0 radical (unpaired) electrons. The number of aryl methyl sites for hydroxylation is 2. The summed E-state index contributed by atoms with van der Waals surface area (Å²) in [5, 5.41) is 3.93. The molecule has 150 valence electrons. The lowest BCUT2D eigenvalue weighted by atomic mass is 9.78. The SMILES string of the molecule is O=C1CCc2cc(NC(=O)C3(c4ccc(Cl)cc4)CCCC3)cc3c2N1CCC3. The first-order valence-electron chi connectivity index (χ1n) is 10.6. The van der Waals surface area contributed by atoms with E-state index >= 15 is 0 Å². The quantitative estimate of drug-likeness (QED) is 0.775. The van der Waals surface area contributed by atoms with Crippen LogP contribution in [0.25, 0.3) is 0 Å². The van der Waals surface area contributed by atoms with Gasteiger partial charge in [-0.2, -0.15) is 0 Å². The molecular weight excluding hydrogens is 384 g/mol. The van der Waals surface area contributed by atoms with Crippen molar-refractivity contribution in [3.63, 3.8) is 0 Å². The predicted octanol–water partition coefficient (Wildman–Crippen LogP) is 5.02. The molecule has 0 bridgehead atoms. The molecule has 2 aliphatic heterocycles. The number of nitrogens with one attached hydrogen (secondary N) is 1. The van der Waals surface area contributed by atoms with E-state index in [0.717, 1.165) is 68.4 Å². The van der Waals surface area contributed by atoms with Crippen molar-refractivity contribution in [2.24, 2.45) is 0 Å². The maximum Gasteiger partial charge on any atom is 0.235 e. The fourth-order valence-corrected chi connectivity index (χ4v) is 5.50. The summed E-state index contributed by atoms with van der Waals surface area (Å²) in [6.45, 7) is 0.810. The number of hydrogen-bond donors (Lipinski definition) is 1. The second kappa shape index (κ2) is 7.17. The molecule has 1 saturated carbocycles. The summed E-state index contributed by atoms with van der Waals surface area (Å²) in [6, 6.07) is 11.9. The lowest BCUT2D eigenvalue weighted by Crippen LogP contribution is -2.40. The van der Waals surface area contributed by atoms with Gasteiger partial charge in [-0.1, -0.05) is 36.6 Å². The van der Waals surface area contributed by atoms with Gasteiger partial charge in [0.2, 0.25) is 11.8 Å². The Morgan fingerprint density at radius 3 is 2.38 bits per heavy atom. The number of amides is 2. The van der Waals surface area contributed by atoms with Gasteiger partial charge in [-0.15, -0.1) is 0 Å². The zero-order valence-electron chi connectivity index (χ0n) is 16.5. The monoisotopic (exact) mass is 408 g/mol. The minimum atomic E-state index is -0.486. The standard InChI is InChI=1S/C24H25ClN2O2/c25-19-8-6-18(7-9-19)24(11-1-2-12-24)23(29)26-20-14-16-4-3-13-27-21(28)10-5-17(15-20)22(16)27/h6-9,14-15H,1-5,10-13H2,(H,26,29). The van der Waals surface area contributed by atoms with Crippen molar-refractivity contribution in [2.45, 2.75) is 56.8 Å². The van der Waals surface area contributed by atoms with E-state index in [2.05, 4.69) is 17.4 Å². The van der Waals surface area contributed by atoms with Gasteiger partial charge in [-0.05, 0) is 73.1 Å². The van der Waals surface area contributed by atoms with Gasteiger partial charge in [0, 0.05) is 23.7 Å². The average Bonchev–Trinajstić information content (AvgIpc) is 3.22. The van der Waals surface area contributed by atoms with Crippen molar-refractivity contribution in [2.75, 3.05) is 16.8 Å². The van der Waals surface area contributed by atoms with E-state index < -0.39 is 5.41 Å². The normalized spacial score (nSPS) is 19.8. The summed E-state index contributed by atoms with van der Waals surface area (Å²) >= 11 is 6.07. The lowest BCUT2D eigenvalue weighted by molar-refractivity contribution is -0.121. The van der Waals surface area contributed by atoms with Gasteiger partial charge in [-0.25, -0.2) is 0 Å². The molecule has 29 heavy (non-hydrogen) atoms. The van der Waals surface area contributed by atoms with Crippen molar-refractivity contribution in [1.29, 1.82) is 0 Å². The third-order valence-corrected chi connectivity index (χ3v) is 7.07. The van der Waals surface area contributed by atoms with E-state index in [4.69, 9.17) is 11.6 Å². The first-order chi connectivity index (χ1) is 14.1. The molecule has 5 rings (SSSR count). The average molecular weight is 409 g/mol. The number of rotatable bonds is 3. The molecule has 3 aliphatic rings. The Balaban J connectivity index is 1.47. The molecule has 2 heterocycles. The van der Waals surface area contributed by atoms with Gasteiger partial charge in [0.15, 0.2) is 0 Å². The summed E-state index contributed by atoms with van der Waals surface area (Å²) in [4.78, 5) is 27.7. The lowest BCUT2D eigenvalue weighted by Gasteiger charge is -2.36. The maximum atomic E-state index is 13.5. The fraction of sp³-hybridized carbons (Fsp3) is 0.417. The highest BCUT2D eigenvalue weighted by Gasteiger charge is 2.43. The van der Waals surface area contributed by atoms with Crippen molar-refractivity contribution in [3.8, 4) is 0 Å². The van der Waals surface area contributed by atoms with Crippen LogP contribution >= 0.6 is 11.6 Å². The van der Waals surface area contributed by atoms with E-state index in [9.17, 15) is 9.59 Å². The molecule has 2 aromatic rings. The van der Waals surface area contributed by atoms with Crippen LogP contribution in [0.1, 0.15) is 55.2 Å². The number of carbonyl (C=O) groups excluding carboxylic acids is 2. The van der Waals surface area contributed by atoms with Gasteiger partial charge in [-0.3, -0.25) is 9.59 Å². The van der Waals surface area contributed by atoms with Crippen molar-refractivity contribution < 1.29 is 9.59 Å². The summed E-state index contributed by atoms with van der Waals surface area (Å²) in [5.74, 6) is 0.298. The van der Waals surface area contributed by atoms with Crippen molar-refractivity contribution in [1.82, 2.24) is 0 Å². The van der Waals surface area contributed by atoms with Crippen molar-refractivity contribution in [3.05, 3.63) is 58.1 Å². The summed E-state index contributed by atoms with van der Waals surface area (Å²) < 4.78 is 0. The zero-order valence-corrected chi connectivity index (χ0v) is 17.2. The second-order valence-electron chi connectivity index (χ2n) is 8.54. The predicted molar refractivity (Wildman–Crippen MR) is 116 cm³/mol. The fourth-order valence-electron chi connectivity index (χ4n) is 5.37. The Morgan fingerprint density at radius 1 is 0.966 bits per heavy atom. The third kappa shape index (κ3) is 3.14. The number of halogens is 1. The number of hydrogen-bond acceptors (Lipinski definition) is 2. The summed E-state index contributed by atoms with van der Waals surface area (Å²) in [5.41, 5.74) is 4.89. The van der Waals surface area contributed by atoms with Crippen LogP contribution in [-0.2, 0) is 27.8 Å². The van der Waals surface area contributed by atoms with E-state index in [-0.39, 0.29) is 11.8 Å². The van der Waals surface area contributed by atoms with Gasteiger partial charge >= 0.3 is 0 Å². The van der Waals surface area contributed by atoms with Gasteiger partial charge in [0.1, 0.15) is 0 Å². The number of benzene rings is 2. The Hall–Kier alpha value is -2.33. The van der Waals surface area contributed by atoms with Gasteiger partial charge in [0.25, 0.3) is 0 Å². The Kier molecular flexibility index (Phi) is 4.62. The third-order valence-electron chi connectivity index (χ3n) is 6.82. The highest BCUT2D eigenvalue weighted by molar-refractivity contribution is 6.30. The highest BCUT2D eigenvalue weighted by atomic mass is 35.5. The van der Waals surface area contributed by atoms with Crippen LogP contribution in [0.4, 0.5) is 11.4 Å². The minimum Gasteiger partial charge on any atom is -0.325 e. The zero-order chi connectivity index (χ0) is 20.0. The van der Waals surface area contributed by atoms with Crippen LogP contribution in [0.5, 0.6) is 0 Å². The second-order valence-corrected chi connectivity index (χ2v) is 8.98. The molecule has 0 unspecified atom stereocenters. The topological polar surface area (TPSA) is 49.4 Å². The van der Waals surface area contributed by atoms with Gasteiger partial charge in [0.05, 0.1) is 11.1 Å². The van der Waals surface area contributed by atoms with Crippen LogP contribution in [0, 0.1) is 0 Å². The Labute approximate surface area is 176 Å². The van der Waals surface area contributed by atoms with Crippen LogP contribution in [0.2, 0.25) is 5.02 Å². The van der Waals surface area contributed by atoms with E-state index in [1.54, 1.807) is 0 Å². The molecule has 0 spiro atoms. The molecule has 1 aliphatic carbocycles. The Morgan fingerprint density at radius 2 is 1.66 bits per heavy atom. The van der Waals surface area contributed by atoms with Crippen LogP contribution < -0.4 is 10.2 Å². The maximum absolute atomic E-state index is 13.5. The number of carbonyl (C=O) groups is 2. The Bertz CT molecular complexity index is 960. The number of anilines is 2. The van der Waals surface area contributed by atoms with Crippen LogP contribution in [0.3, 0.4) is 0 Å². The summed E-state index contributed by atoms with van der Waals surface area (Å²) in [7, 11) is 0. The highest BCUT2D eigenvalue weighted by Crippen LogP contribution is 2.43. The number of nitrogens with zero attached hydrogens (tertiary/aromatic N) is 1. The molecule has 5 heteroatoms. The molecule has 1 fully saturated rings. The molecule has 1 N–H and O–H groups in total. The molecule has 0 atom stereocenters. The smallest absolute Gasteiger partial charge is 0.235 e. The molecule has 0 aromatic heterocycles. The molecule has 2 aromatic carbocycles. The van der Waals surface area contributed by atoms with E-state index in [0.29, 0.717) is 11.4 Å². The van der Waals surface area contributed by atoms with Crippen LogP contribution in [-0.4, -0.2) is 18.4 Å². The van der Waals surface area contributed by atoms with Gasteiger partial charge < -0.3 is 10.2 Å². The van der Waals surface area contributed by atoms with Crippen LogP contribution in [0.15, 0.2) is 36.4 Å². The first kappa shape index (κ1) is 18.7. The summed E-state index contributed by atoms with van der Waals surface area (Å²) in [6.07, 6.45) is 7.08.